The summed E-state index contributed by atoms with van der Waals surface area (Å²) in [6, 6.07) is 15.3. The van der Waals surface area contributed by atoms with Crippen LogP contribution in [0.25, 0.3) is 0 Å². The second kappa shape index (κ2) is 7.56. The Morgan fingerprint density at radius 2 is 1.73 bits per heavy atom. The summed E-state index contributed by atoms with van der Waals surface area (Å²) < 4.78 is 13.6. The molecule has 0 saturated heterocycles. The topological polar surface area (TPSA) is 58.2 Å². The van der Waals surface area contributed by atoms with Crippen molar-refractivity contribution < 1.29 is 14.0 Å². The standard InChI is InChI=1S/C25H25FN2O2/c1-15-21(24(30)28-18-7-5-4-6-8-18)22(16-9-11-17(26)12-10-16)23-19(27-15)13-25(2,3)14-20(23)29/h4-12,22,27H,13-14H2,1-3H3,(H,28,30). The van der Waals surface area contributed by atoms with Gasteiger partial charge in [0.2, 0.25) is 0 Å². The first-order chi connectivity index (χ1) is 14.2. The molecule has 1 aliphatic heterocycles. The summed E-state index contributed by atoms with van der Waals surface area (Å²) in [6.07, 6.45) is 1.13. The number of ketones is 1. The number of amides is 1. The van der Waals surface area contributed by atoms with Crippen LogP contribution < -0.4 is 10.6 Å². The number of rotatable bonds is 3. The quantitative estimate of drug-likeness (QED) is 0.751. The first kappa shape index (κ1) is 20.1. The lowest BCUT2D eigenvalue weighted by Gasteiger charge is -2.39. The van der Waals surface area contributed by atoms with Crippen molar-refractivity contribution in [2.45, 2.75) is 39.5 Å². The van der Waals surface area contributed by atoms with Crippen LogP contribution in [0.1, 0.15) is 45.1 Å². The third-order valence-electron chi connectivity index (χ3n) is 5.72. The molecule has 5 heteroatoms. The van der Waals surface area contributed by atoms with Gasteiger partial charge >= 0.3 is 0 Å². The Balaban J connectivity index is 1.81. The highest BCUT2D eigenvalue weighted by Gasteiger charge is 2.42. The second-order valence-corrected chi connectivity index (χ2v) is 8.80. The first-order valence-electron chi connectivity index (χ1n) is 10.1. The van der Waals surface area contributed by atoms with E-state index in [2.05, 4.69) is 24.5 Å². The van der Waals surface area contributed by atoms with Crippen molar-refractivity contribution in [1.82, 2.24) is 5.32 Å². The van der Waals surface area contributed by atoms with Gasteiger partial charge in [-0.15, -0.1) is 0 Å². The summed E-state index contributed by atoms with van der Waals surface area (Å²) in [6.45, 7) is 5.99. The van der Waals surface area contributed by atoms with Crippen LogP contribution in [0, 0.1) is 11.2 Å². The van der Waals surface area contributed by atoms with Crippen molar-refractivity contribution in [3.63, 3.8) is 0 Å². The van der Waals surface area contributed by atoms with E-state index in [0.29, 0.717) is 29.0 Å². The Hall–Kier alpha value is -3.21. The van der Waals surface area contributed by atoms with E-state index in [1.807, 2.05) is 37.3 Å². The van der Waals surface area contributed by atoms with Gasteiger partial charge in [0.05, 0.1) is 0 Å². The number of anilines is 1. The molecule has 1 atom stereocenters. The largest absolute Gasteiger partial charge is 0.362 e. The molecule has 1 unspecified atom stereocenters. The van der Waals surface area contributed by atoms with Crippen LogP contribution in [0.4, 0.5) is 10.1 Å². The number of carbonyl (C=O) groups is 2. The van der Waals surface area contributed by atoms with E-state index in [1.54, 1.807) is 12.1 Å². The number of hydrogen-bond donors (Lipinski definition) is 2. The second-order valence-electron chi connectivity index (χ2n) is 8.80. The van der Waals surface area contributed by atoms with E-state index in [4.69, 9.17) is 0 Å². The third kappa shape index (κ3) is 3.80. The molecule has 2 aliphatic rings. The van der Waals surface area contributed by atoms with Crippen LogP contribution in [-0.4, -0.2) is 11.7 Å². The van der Waals surface area contributed by atoms with E-state index in [-0.39, 0.29) is 22.9 Å². The number of dihydropyridines is 1. The fourth-order valence-electron chi connectivity index (χ4n) is 4.45. The molecule has 0 spiro atoms. The van der Waals surface area contributed by atoms with Crippen molar-refractivity contribution in [2.75, 3.05) is 5.32 Å². The summed E-state index contributed by atoms with van der Waals surface area (Å²) in [5.41, 5.74) is 3.93. The summed E-state index contributed by atoms with van der Waals surface area (Å²) in [5, 5.41) is 6.27. The monoisotopic (exact) mass is 404 g/mol. The maximum atomic E-state index is 13.6. The summed E-state index contributed by atoms with van der Waals surface area (Å²) in [7, 11) is 0. The number of allylic oxidation sites excluding steroid dienone is 3. The zero-order valence-corrected chi connectivity index (χ0v) is 17.4. The molecule has 1 amide bonds. The van der Waals surface area contributed by atoms with Gasteiger partial charge in [-0.25, -0.2) is 4.39 Å². The zero-order chi connectivity index (χ0) is 21.5. The average molecular weight is 404 g/mol. The molecule has 2 aromatic rings. The maximum Gasteiger partial charge on any atom is 0.254 e. The van der Waals surface area contributed by atoms with Gasteiger partial charge in [-0.2, -0.15) is 0 Å². The molecule has 0 saturated carbocycles. The molecule has 2 N–H and O–H groups in total. The minimum atomic E-state index is -0.533. The molecule has 4 rings (SSSR count). The highest BCUT2D eigenvalue weighted by atomic mass is 19.1. The third-order valence-corrected chi connectivity index (χ3v) is 5.72. The van der Waals surface area contributed by atoms with Crippen molar-refractivity contribution in [3.8, 4) is 0 Å². The molecule has 30 heavy (non-hydrogen) atoms. The van der Waals surface area contributed by atoms with Gasteiger partial charge in [0.25, 0.3) is 5.91 Å². The fourth-order valence-corrected chi connectivity index (χ4v) is 4.45. The number of para-hydroxylation sites is 1. The molecule has 4 nitrogen and oxygen atoms in total. The predicted molar refractivity (Wildman–Crippen MR) is 115 cm³/mol. The molecule has 1 aliphatic carbocycles. The highest BCUT2D eigenvalue weighted by Crippen LogP contribution is 2.46. The van der Waals surface area contributed by atoms with Gasteiger partial charge in [0, 0.05) is 40.6 Å². The molecule has 2 aromatic carbocycles. The lowest BCUT2D eigenvalue weighted by atomic mass is 9.68. The highest BCUT2D eigenvalue weighted by molar-refractivity contribution is 6.09. The number of Topliss-reactive ketones (excluding diaryl/α,β-unsaturated/α-hetero) is 1. The van der Waals surface area contributed by atoms with Crippen LogP contribution >= 0.6 is 0 Å². The van der Waals surface area contributed by atoms with Crippen LogP contribution in [0.5, 0.6) is 0 Å². The summed E-state index contributed by atoms with van der Waals surface area (Å²) >= 11 is 0. The number of carbonyl (C=O) groups excluding carboxylic acids is 2. The van der Waals surface area contributed by atoms with E-state index in [1.165, 1.54) is 12.1 Å². The van der Waals surface area contributed by atoms with Crippen molar-refractivity contribution in [2.24, 2.45) is 5.41 Å². The molecular formula is C25H25FN2O2. The van der Waals surface area contributed by atoms with E-state index in [9.17, 15) is 14.0 Å². The van der Waals surface area contributed by atoms with Crippen molar-refractivity contribution in [1.29, 1.82) is 0 Å². The fraction of sp³-hybridized carbons (Fsp3) is 0.280. The Labute approximate surface area is 175 Å². The average Bonchev–Trinajstić information content (AvgIpc) is 2.67. The Morgan fingerprint density at radius 3 is 2.40 bits per heavy atom. The Kier molecular flexibility index (Phi) is 5.06. The van der Waals surface area contributed by atoms with Crippen LogP contribution in [0.2, 0.25) is 0 Å². The molecule has 0 fully saturated rings. The van der Waals surface area contributed by atoms with Crippen molar-refractivity contribution >= 4 is 17.4 Å². The molecule has 0 radical (unpaired) electrons. The van der Waals surface area contributed by atoms with Gasteiger partial charge in [0.1, 0.15) is 5.82 Å². The zero-order valence-electron chi connectivity index (χ0n) is 17.4. The van der Waals surface area contributed by atoms with E-state index >= 15 is 0 Å². The number of hydrogen-bond acceptors (Lipinski definition) is 3. The molecule has 1 heterocycles. The maximum absolute atomic E-state index is 13.6. The van der Waals surface area contributed by atoms with Crippen molar-refractivity contribution in [3.05, 3.63) is 88.5 Å². The Morgan fingerprint density at radius 1 is 1.07 bits per heavy atom. The smallest absolute Gasteiger partial charge is 0.254 e. The molecular weight excluding hydrogens is 379 g/mol. The SMILES string of the molecule is CC1=C(C(=O)Nc2ccccc2)C(c2ccc(F)cc2)C2=C(CC(C)(C)CC2=O)N1. The van der Waals surface area contributed by atoms with Gasteiger partial charge in [-0.3, -0.25) is 9.59 Å². The van der Waals surface area contributed by atoms with Gasteiger partial charge in [-0.1, -0.05) is 44.2 Å². The van der Waals surface area contributed by atoms with Crippen LogP contribution in [-0.2, 0) is 9.59 Å². The summed E-state index contributed by atoms with van der Waals surface area (Å²) in [4.78, 5) is 26.5. The lowest BCUT2D eigenvalue weighted by molar-refractivity contribution is -0.118. The number of nitrogens with one attached hydrogen (secondary N) is 2. The molecule has 154 valence electrons. The van der Waals surface area contributed by atoms with Gasteiger partial charge in [0.15, 0.2) is 5.78 Å². The van der Waals surface area contributed by atoms with Crippen LogP contribution in [0.15, 0.2) is 77.1 Å². The van der Waals surface area contributed by atoms with Gasteiger partial charge < -0.3 is 10.6 Å². The van der Waals surface area contributed by atoms with E-state index in [0.717, 1.165) is 17.7 Å². The number of benzene rings is 2. The molecule has 0 aromatic heterocycles. The predicted octanol–water partition coefficient (Wildman–Crippen LogP) is 5.07. The van der Waals surface area contributed by atoms with Gasteiger partial charge in [-0.05, 0) is 48.6 Å². The molecule has 0 bridgehead atoms. The minimum Gasteiger partial charge on any atom is -0.362 e. The number of halogens is 1. The van der Waals surface area contributed by atoms with E-state index < -0.39 is 5.92 Å². The lowest BCUT2D eigenvalue weighted by Crippen LogP contribution is -2.39. The van der Waals surface area contributed by atoms with Crippen LogP contribution in [0.3, 0.4) is 0 Å². The summed E-state index contributed by atoms with van der Waals surface area (Å²) in [5.74, 6) is -1.13. The minimum absolute atomic E-state index is 0.0283. The normalized spacial score (nSPS) is 20.5. The Bertz CT molecular complexity index is 1070. The first-order valence-corrected chi connectivity index (χ1v) is 10.1.